The Bertz CT molecular complexity index is 1280. The number of aryl methyl sites for hydroxylation is 1. The summed E-state index contributed by atoms with van der Waals surface area (Å²) in [6, 6.07) is 9.96. The van der Waals surface area contributed by atoms with E-state index >= 15 is 0 Å². The van der Waals surface area contributed by atoms with Crippen LogP contribution in [0, 0.1) is 6.92 Å². The molecular weight excluding hydrogens is 434 g/mol. The van der Waals surface area contributed by atoms with Crippen LogP contribution in [0.2, 0.25) is 0 Å². The molecule has 10 heteroatoms. The van der Waals surface area contributed by atoms with Gasteiger partial charge < -0.3 is 19.7 Å². The van der Waals surface area contributed by atoms with E-state index in [9.17, 15) is 19.8 Å². The van der Waals surface area contributed by atoms with Gasteiger partial charge in [0, 0.05) is 5.56 Å². The number of aromatic nitrogens is 2. The number of amides is 1. The number of fused-ring (bicyclic) bond motifs is 1. The van der Waals surface area contributed by atoms with Gasteiger partial charge in [0.25, 0.3) is 5.78 Å². The first-order valence-corrected chi connectivity index (χ1v) is 10.6. The highest BCUT2D eigenvalue weighted by Gasteiger charge is 2.48. The lowest BCUT2D eigenvalue weighted by Crippen LogP contribution is -2.29. The normalized spacial score (nSPS) is 19.4. The van der Waals surface area contributed by atoms with Crippen LogP contribution in [0.15, 0.2) is 48.0 Å². The van der Waals surface area contributed by atoms with Gasteiger partial charge >= 0.3 is 5.91 Å². The number of hydrogen-bond acceptors (Lipinski definition) is 9. The van der Waals surface area contributed by atoms with Gasteiger partial charge in [-0.1, -0.05) is 23.5 Å². The highest BCUT2D eigenvalue weighted by Crippen LogP contribution is 2.44. The molecule has 0 bridgehead atoms. The molecule has 1 unspecified atom stereocenters. The quantitative estimate of drug-likeness (QED) is 0.354. The first-order valence-electron chi connectivity index (χ1n) is 9.74. The summed E-state index contributed by atoms with van der Waals surface area (Å²) in [4.78, 5) is 27.3. The van der Waals surface area contributed by atoms with Crippen LogP contribution in [0.25, 0.3) is 5.76 Å². The first-order chi connectivity index (χ1) is 15.4. The van der Waals surface area contributed by atoms with Crippen molar-refractivity contribution in [3.05, 3.63) is 64.2 Å². The average Bonchev–Trinajstić information content (AvgIpc) is 3.33. The van der Waals surface area contributed by atoms with E-state index in [1.54, 1.807) is 37.3 Å². The van der Waals surface area contributed by atoms with E-state index < -0.39 is 17.7 Å². The Hall–Kier alpha value is -3.92. The topological polar surface area (TPSA) is 122 Å². The second-order valence-corrected chi connectivity index (χ2v) is 8.39. The third-order valence-electron chi connectivity index (χ3n) is 5.17. The number of ketones is 1. The second-order valence-electron chi connectivity index (χ2n) is 7.23. The molecule has 2 aliphatic heterocycles. The Labute approximate surface area is 186 Å². The Morgan fingerprint density at radius 2 is 1.88 bits per heavy atom. The highest BCUT2D eigenvalue weighted by molar-refractivity contribution is 7.15. The number of Topliss-reactive ketones (excluding diaryl/α,β-unsaturated/α-hetero) is 1. The molecule has 2 N–H and O–H groups in total. The maximum Gasteiger partial charge on any atom is 0.301 e. The minimum absolute atomic E-state index is 0.0409. The number of rotatable bonds is 3. The van der Waals surface area contributed by atoms with Crippen LogP contribution in [-0.4, -0.2) is 45.3 Å². The number of anilines is 1. The van der Waals surface area contributed by atoms with Gasteiger partial charge in [0.05, 0.1) is 11.6 Å². The van der Waals surface area contributed by atoms with E-state index in [0.29, 0.717) is 40.8 Å². The van der Waals surface area contributed by atoms with Gasteiger partial charge in [-0.15, -0.1) is 10.2 Å². The molecule has 1 atom stereocenters. The molecule has 1 amide bonds. The minimum Gasteiger partial charge on any atom is -0.508 e. The van der Waals surface area contributed by atoms with Crippen molar-refractivity contribution in [2.24, 2.45) is 0 Å². The number of carbonyl (C=O) groups excluding carboxylic acids is 2. The van der Waals surface area contributed by atoms with Crippen molar-refractivity contribution in [2.75, 3.05) is 18.1 Å². The van der Waals surface area contributed by atoms with Gasteiger partial charge in [-0.25, -0.2) is 0 Å². The van der Waals surface area contributed by atoms with Crippen LogP contribution in [0.1, 0.15) is 22.2 Å². The molecule has 3 aromatic rings. The van der Waals surface area contributed by atoms with Gasteiger partial charge in [-0.2, -0.15) is 0 Å². The first kappa shape index (κ1) is 20.0. The van der Waals surface area contributed by atoms with Gasteiger partial charge in [0.2, 0.25) is 5.13 Å². The predicted octanol–water partition coefficient (Wildman–Crippen LogP) is 2.95. The molecule has 1 aromatic heterocycles. The van der Waals surface area contributed by atoms with E-state index in [4.69, 9.17) is 9.47 Å². The Morgan fingerprint density at radius 3 is 2.59 bits per heavy atom. The summed E-state index contributed by atoms with van der Waals surface area (Å²) in [5, 5.41) is 30.0. The van der Waals surface area contributed by atoms with E-state index in [-0.39, 0.29) is 22.2 Å². The molecule has 0 saturated carbocycles. The highest BCUT2D eigenvalue weighted by atomic mass is 32.1. The molecular formula is C22H17N3O6S. The van der Waals surface area contributed by atoms with Crippen molar-refractivity contribution >= 4 is 33.9 Å². The molecule has 1 fully saturated rings. The molecule has 0 aliphatic carbocycles. The van der Waals surface area contributed by atoms with Crippen LogP contribution in [0.3, 0.4) is 0 Å². The summed E-state index contributed by atoms with van der Waals surface area (Å²) >= 11 is 1.15. The number of nitrogens with zero attached hydrogens (tertiary/aromatic N) is 3. The number of hydrogen-bond donors (Lipinski definition) is 2. The lowest BCUT2D eigenvalue weighted by Gasteiger charge is -2.23. The fourth-order valence-electron chi connectivity index (χ4n) is 3.77. The summed E-state index contributed by atoms with van der Waals surface area (Å²) in [5.74, 6) is -1.14. The van der Waals surface area contributed by atoms with Crippen LogP contribution in [0.5, 0.6) is 17.2 Å². The zero-order valence-corrected chi connectivity index (χ0v) is 17.6. The predicted molar refractivity (Wildman–Crippen MR) is 115 cm³/mol. The number of aliphatic hydroxyl groups excluding tert-OH is 1. The van der Waals surface area contributed by atoms with Gasteiger partial charge in [0.1, 0.15) is 29.7 Å². The number of aliphatic hydroxyl groups is 1. The molecule has 162 valence electrons. The fourth-order valence-corrected chi connectivity index (χ4v) is 4.48. The third kappa shape index (κ3) is 3.25. The van der Waals surface area contributed by atoms with Gasteiger partial charge in [-0.3, -0.25) is 14.5 Å². The maximum atomic E-state index is 13.1. The maximum absolute atomic E-state index is 13.1. The molecule has 32 heavy (non-hydrogen) atoms. The second kappa shape index (κ2) is 7.65. The molecule has 5 rings (SSSR count). The van der Waals surface area contributed by atoms with E-state index in [1.807, 2.05) is 0 Å². The Morgan fingerprint density at radius 1 is 1.09 bits per heavy atom. The van der Waals surface area contributed by atoms with Crippen molar-refractivity contribution in [2.45, 2.75) is 13.0 Å². The molecule has 3 heterocycles. The SMILES string of the molecule is Cc1nnc(N2C(=O)C(=O)C(=C(O)c3ccc4c(c3)OCCO4)C2c2cccc(O)c2)s1. The number of benzene rings is 2. The molecule has 9 nitrogen and oxygen atoms in total. The van der Waals surface area contributed by atoms with Crippen molar-refractivity contribution < 1.29 is 29.3 Å². The van der Waals surface area contributed by atoms with Crippen LogP contribution in [0.4, 0.5) is 5.13 Å². The summed E-state index contributed by atoms with van der Waals surface area (Å²) in [5.41, 5.74) is 0.618. The lowest BCUT2D eigenvalue weighted by atomic mass is 9.95. The number of aromatic hydroxyl groups is 1. The number of ether oxygens (including phenoxy) is 2. The van der Waals surface area contributed by atoms with Crippen LogP contribution in [-0.2, 0) is 9.59 Å². The smallest absolute Gasteiger partial charge is 0.301 e. The van der Waals surface area contributed by atoms with E-state index in [0.717, 1.165) is 11.3 Å². The van der Waals surface area contributed by atoms with Gasteiger partial charge in [0.15, 0.2) is 11.5 Å². The molecule has 2 aliphatic rings. The van der Waals surface area contributed by atoms with E-state index in [1.165, 1.54) is 17.0 Å². The number of phenolic OH excluding ortho intramolecular Hbond substituents is 1. The number of phenols is 1. The fraction of sp³-hybridized carbons (Fsp3) is 0.182. The van der Waals surface area contributed by atoms with Crippen LogP contribution >= 0.6 is 11.3 Å². The molecule has 0 radical (unpaired) electrons. The summed E-state index contributed by atoms with van der Waals surface area (Å²) in [7, 11) is 0. The summed E-state index contributed by atoms with van der Waals surface area (Å²) in [6.07, 6.45) is 0. The zero-order valence-electron chi connectivity index (χ0n) is 16.8. The Balaban J connectivity index is 1.70. The van der Waals surface area contributed by atoms with Crippen LogP contribution < -0.4 is 14.4 Å². The standard InChI is InChI=1S/C22H17N3O6S/c1-11-23-24-22(32-11)25-18(12-3-2-4-14(26)9-12)17(20(28)21(25)29)19(27)13-5-6-15-16(10-13)31-8-7-30-15/h2-6,9-10,18,26-27H,7-8H2,1H3. The zero-order chi connectivity index (χ0) is 22.4. The third-order valence-corrected chi connectivity index (χ3v) is 6.01. The van der Waals surface area contributed by atoms with Crippen molar-refractivity contribution in [3.8, 4) is 17.2 Å². The van der Waals surface area contributed by atoms with Crippen molar-refractivity contribution in [1.82, 2.24) is 10.2 Å². The molecule has 1 saturated heterocycles. The average molecular weight is 451 g/mol. The molecule has 2 aromatic carbocycles. The van der Waals surface area contributed by atoms with Crippen molar-refractivity contribution in [3.63, 3.8) is 0 Å². The minimum atomic E-state index is -0.998. The largest absolute Gasteiger partial charge is 0.508 e. The monoisotopic (exact) mass is 451 g/mol. The van der Waals surface area contributed by atoms with Crippen molar-refractivity contribution in [1.29, 1.82) is 0 Å². The lowest BCUT2D eigenvalue weighted by molar-refractivity contribution is -0.132. The summed E-state index contributed by atoms with van der Waals surface area (Å²) in [6.45, 7) is 2.51. The molecule has 0 spiro atoms. The summed E-state index contributed by atoms with van der Waals surface area (Å²) < 4.78 is 11.1. The van der Waals surface area contributed by atoms with E-state index in [2.05, 4.69) is 10.2 Å². The Kier molecular flexibility index (Phi) is 4.78. The number of carbonyl (C=O) groups is 2. The van der Waals surface area contributed by atoms with Gasteiger partial charge in [-0.05, 0) is 42.8 Å².